The molecule has 1 aliphatic carbocycles. The van der Waals surface area contributed by atoms with Crippen molar-refractivity contribution in [2.24, 2.45) is 0 Å². The number of rotatable bonds is 4. The van der Waals surface area contributed by atoms with Gasteiger partial charge in [0.25, 0.3) is 5.91 Å². The second-order valence-corrected chi connectivity index (χ2v) is 6.28. The lowest BCUT2D eigenvalue weighted by molar-refractivity contribution is 0.0614. The molecule has 1 fully saturated rings. The summed E-state index contributed by atoms with van der Waals surface area (Å²) in [7, 11) is 0. The number of aromatic nitrogens is 2. The van der Waals surface area contributed by atoms with Crippen LogP contribution in [0.1, 0.15) is 41.9 Å². The van der Waals surface area contributed by atoms with Gasteiger partial charge < -0.3 is 9.64 Å². The minimum atomic E-state index is 0.126. The Balaban J connectivity index is 1.47. The van der Waals surface area contributed by atoms with Gasteiger partial charge in [-0.2, -0.15) is 5.10 Å². The van der Waals surface area contributed by atoms with Crippen LogP contribution in [-0.2, 0) is 13.2 Å². The Morgan fingerprint density at radius 3 is 2.70 bits per heavy atom. The first-order valence-corrected chi connectivity index (χ1v) is 8.37. The van der Waals surface area contributed by atoms with Gasteiger partial charge in [0.1, 0.15) is 23.7 Å². The van der Waals surface area contributed by atoms with Crippen LogP contribution in [0.2, 0.25) is 0 Å². The van der Waals surface area contributed by atoms with Crippen molar-refractivity contribution in [1.29, 1.82) is 0 Å². The van der Waals surface area contributed by atoms with Gasteiger partial charge in [0.15, 0.2) is 0 Å². The van der Waals surface area contributed by atoms with Crippen molar-refractivity contribution in [3.63, 3.8) is 0 Å². The molecule has 4 rings (SSSR count). The van der Waals surface area contributed by atoms with E-state index in [1.165, 1.54) is 12.8 Å². The van der Waals surface area contributed by atoms with Crippen LogP contribution in [0, 0.1) is 0 Å². The average Bonchev–Trinajstić information content (AvgIpc) is 3.24. The van der Waals surface area contributed by atoms with E-state index in [2.05, 4.69) is 5.10 Å². The summed E-state index contributed by atoms with van der Waals surface area (Å²) < 4.78 is 7.56. The molecular formula is C18H21N3O2. The molecule has 5 heteroatoms. The van der Waals surface area contributed by atoms with Crippen molar-refractivity contribution in [1.82, 2.24) is 14.7 Å². The van der Waals surface area contributed by atoms with Crippen molar-refractivity contribution in [2.45, 2.75) is 44.9 Å². The number of amides is 1. The van der Waals surface area contributed by atoms with E-state index in [0.717, 1.165) is 37.4 Å². The minimum Gasteiger partial charge on any atom is -0.487 e. The van der Waals surface area contributed by atoms with Crippen LogP contribution < -0.4 is 4.74 Å². The molecule has 2 aromatic rings. The van der Waals surface area contributed by atoms with E-state index >= 15 is 0 Å². The molecule has 5 nitrogen and oxygen atoms in total. The number of carbonyl (C=O) groups excluding carboxylic acids is 1. The lowest BCUT2D eigenvalue weighted by Crippen LogP contribution is -2.45. The average molecular weight is 311 g/mol. The van der Waals surface area contributed by atoms with Crippen molar-refractivity contribution in [2.75, 3.05) is 6.54 Å². The van der Waals surface area contributed by atoms with E-state index in [-0.39, 0.29) is 5.91 Å². The second kappa shape index (κ2) is 6.07. The molecule has 23 heavy (non-hydrogen) atoms. The molecule has 2 aliphatic rings. The molecule has 2 heterocycles. The third kappa shape index (κ3) is 2.83. The predicted octanol–water partition coefficient (Wildman–Crippen LogP) is 2.86. The third-order valence-electron chi connectivity index (χ3n) is 4.76. The SMILES string of the molecule is O=C1c2cc(COc3ccccc3)nn2CCN1C1CCCC1. The number of hydrogen-bond acceptors (Lipinski definition) is 3. The van der Waals surface area contributed by atoms with Crippen LogP contribution in [0.5, 0.6) is 5.75 Å². The first kappa shape index (κ1) is 14.3. The zero-order valence-electron chi connectivity index (χ0n) is 13.1. The number of hydrogen-bond donors (Lipinski definition) is 0. The van der Waals surface area contributed by atoms with Gasteiger partial charge in [-0.1, -0.05) is 31.0 Å². The molecular weight excluding hydrogens is 290 g/mol. The number of para-hydroxylation sites is 1. The molecule has 1 amide bonds. The molecule has 0 N–H and O–H groups in total. The van der Waals surface area contributed by atoms with Crippen LogP contribution in [0.25, 0.3) is 0 Å². The Labute approximate surface area is 135 Å². The second-order valence-electron chi connectivity index (χ2n) is 6.28. The maximum atomic E-state index is 12.7. The van der Waals surface area contributed by atoms with Crippen molar-refractivity contribution < 1.29 is 9.53 Å². The minimum absolute atomic E-state index is 0.126. The molecule has 0 radical (unpaired) electrons. The van der Waals surface area contributed by atoms with Crippen LogP contribution in [-0.4, -0.2) is 33.2 Å². The normalized spacial score (nSPS) is 18.3. The summed E-state index contributed by atoms with van der Waals surface area (Å²) in [5, 5.41) is 4.52. The zero-order chi connectivity index (χ0) is 15.6. The van der Waals surface area contributed by atoms with Gasteiger partial charge in [-0.05, 0) is 31.0 Å². The molecule has 0 atom stereocenters. The van der Waals surface area contributed by atoms with Gasteiger partial charge in [-0.3, -0.25) is 9.48 Å². The van der Waals surface area contributed by atoms with E-state index in [1.54, 1.807) is 0 Å². The molecule has 0 bridgehead atoms. The maximum Gasteiger partial charge on any atom is 0.272 e. The fraction of sp³-hybridized carbons (Fsp3) is 0.444. The molecule has 1 aliphatic heterocycles. The summed E-state index contributed by atoms with van der Waals surface area (Å²) >= 11 is 0. The maximum absolute atomic E-state index is 12.7. The third-order valence-corrected chi connectivity index (χ3v) is 4.76. The molecule has 0 spiro atoms. The fourth-order valence-electron chi connectivity index (χ4n) is 3.57. The summed E-state index contributed by atoms with van der Waals surface area (Å²) in [5.41, 5.74) is 1.51. The first-order valence-electron chi connectivity index (χ1n) is 8.37. The number of nitrogens with zero attached hydrogens (tertiary/aromatic N) is 3. The van der Waals surface area contributed by atoms with Gasteiger partial charge in [-0.25, -0.2) is 0 Å². The number of ether oxygens (including phenoxy) is 1. The Kier molecular flexibility index (Phi) is 3.77. The van der Waals surface area contributed by atoms with Crippen LogP contribution in [0.3, 0.4) is 0 Å². The van der Waals surface area contributed by atoms with Gasteiger partial charge in [0.2, 0.25) is 0 Å². The summed E-state index contributed by atoms with van der Waals surface area (Å²) in [6.45, 7) is 1.95. The van der Waals surface area contributed by atoms with Gasteiger partial charge in [0.05, 0.1) is 6.54 Å². The summed E-state index contributed by atoms with van der Waals surface area (Å²) in [5.74, 6) is 0.944. The van der Waals surface area contributed by atoms with E-state index in [4.69, 9.17) is 4.74 Å². The van der Waals surface area contributed by atoms with E-state index in [0.29, 0.717) is 18.3 Å². The Hall–Kier alpha value is -2.30. The quantitative estimate of drug-likeness (QED) is 0.872. The van der Waals surface area contributed by atoms with Gasteiger partial charge in [0, 0.05) is 12.6 Å². The zero-order valence-corrected chi connectivity index (χ0v) is 13.1. The highest BCUT2D eigenvalue weighted by molar-refractivity contribution is 5.93. The Morgan fingerprint density at radius 2 is 1.91 bits per heavy atom. The molecule has 1 aromatic heterocycles. The summed E-state index contributed by atoms with van der Waals surface area (Å²) in [6, 6.07) is 12.0. The highest BCUT2D eigenvalue weighted by Gasteiger charge is 2.32. The fourth-order valence-corrected chi connectivity index (χ4v) is 3.57. The van der Waals surface area contributed by atoms with Crippen molar-refractivity contribution in [3.8, 4) is 5.75 Å². The number of fused-ring (bicyclic) bond motifs is 1. The largest absolute Gasteiger partial charge is 0.487 e. The summed E-state index contributed by atoms with van der Waals surface area (Å²) in [4.78, 5) is 14.8. The van der Waals surface area contributed by atoms with E-state index in [9.17, 15) is 4.79 Å². The summed E-state index contributed by atoms with van der Waals surface area (Å²) in [6.07, 6.45) is 4.77. The van der Waals surface area contributed by atoms with Crippen LogP contribution in [0.4, 0.5) is 0 Å². The molecule has 120 valence electrons. The molecule has 0 saturated heterocycles. The van der Waals surface area contributed by atoms with E-state index in [1.807, 2.05) is 46.0 Å². The van der Waals surface area contributed by atoms with Crippen molar-refractivity contribution in [3.05, 3.63) is 47.8 Å². The van der Waals surface area contributed by atoms with E-state index < -0.39 is 0 Å². The smallest absolute Gasteiger partial charge is 0.272 e. The Bertz CT molecular complexity index is 690. The van der Waals surface area contributed by atoms with Crippen LogP contribution in [0.15, 0.2) is 36.4 Å². The molecule has 0 unspecified atom stereocenters. The number of carbonyl (C=O) groups is 1. The van der Waals surface area contributed by atoms with Gasteiger partial charge in [-0.15, -0.1) is 0 Å². The van der Waals surface area contributed by atoms with Gasteiger partial charge >= 0.3 is 0 Å². The lowest BCUT2D eigenvalue weighted by Gasteiger charge is -2.32. The molecule has 1 saturated carbocycles. The first-order chi connectivity index (χ1) is 11.3. The predicted molar refractivity (Wildman–Crippen MR) is 86.3 cm³/mol. The Morgan fingerprint density at radius 1 is 1.13 bits per heavy atom. The highest BCUT2D eigenvalue weighted by atomic mass is 16.5. The van der Waals surface area contributed by atoms with Crippen LogP contribution >= 0.6 is 0 Å². The topological polar surface area (TPSA) is 47.4 Å². The monoisotopic (exact) mass is 311 g/mol. The molecule has 1 aromatic carbocycles. The number of benzene rings is 1. The van der Waals surface area contributed by atoms with Crippen molar-refractivity contribution >= 4 is 5.91 Å². The standard InChI is InChI=1S/C18H21N3O2/c22-18-17-12-14(13-23-16-8-2-1-3-9-16)19-21(17)11-10-20(18)15-6-4-5-7-15/h1-3,8-9,12,15H,4-7,10-11,13H2. The highest BCUT2D eigenvalue weighted by Crippen LogP contribution is 2.27. The lowest BCUT2D eigenvalue weighted by atomic mass is 10.1.